The van der Waals surface area contributed by atoms with Crippen molar-refractivity contribution in [1.82, 2.24) is 14.7 Å². The summed E-state index contributed by atoms with van der Waals surface area (Å²) < 4.78 is 7.10. The zero-order chi connectivity index (χ0) is 17.4. The Morgan fingerprint density at radius 2 is 2.00 bits per heavy atom. The number of benzene rings is 1. The van der Waals surface area contributed by atoms with Gasteiger partial charge >= 0.3 is 0 Å². The summed E-state index contributed by atoms with van der Waals surface area (Å²) in [7, 11) is 0. The number of nitrogens with one attached hydrogen (secondary N) is 1. The third-order valence-corrected chi connectivity index (χ3v) is 4.08. The molecule has 0 radical (unpaired) electrons. The highest BCUT2D eigenvalue weighted by molar-refractivity contribution is 5.94. The van der Waals surface area contributed by atoms with Gasteiger partial charge in [0, 0.05) is 17.8 Å². The van der Waals surface area contributed by atoms with Gasteiger partial charge in [0.25, 0.3) is 11.5 Å². The second kappa shape index (κ2) is 5.90. The molecule has 4 aromatic rings. The number of carbonyl (C=O) groups is 1. The van der Waals surface area contributed by atoms with Crippen molar-refractivity contribution in [3.8, 4) is 0 Å². The van der Waals surface area contributed by atoms with Crippen LogP contribution in [0.2, 0.25) is 0 Å². The molecule has 0 saturated carbocycles. The van der Waals surface area contributed by atoms with Gasteiger partial charge in [0.05, 0.1) is 6.04 Å². The maximum Gasteiger partial charge on any atom is 0.270 e. The summed E-state index contributed by atoms with van der Waals surface area (Å²) in [6, 6.07) is 14.3. The van der Waals surface area contributed by atoms with Crippen LogP contribution in [0.25, 0.3) is 16.6 Å². The summed E-state index contributed by atoms with van der Waals surface area (Å²) in [5.74, 6) is 0.145. The monoisotopic (exact) mass is 333 g/mol. The third kappa shape index (κ3) is 2.67. The number of hydrogen-bond donors (Lipinski definition) is 1. The van der Waals surface area contributed by atoms with Crippen LogP contribution >= 0.6 is 0 Å². The molecule has 1 N–H and O–H groups in total. The van der Waals surface area contributed by atoms with Crippen LogP contribution in [0.3, 0.4) is 0 Å². The topological polar surface area (TPSA) is 76.6 Å². The highest BCUT2D eigenvalue weighted by Gasteiger charge is 2.18. The largest absolute Gasteiger partial charge is 0.459 e. The predicted octanol–water partition coefficient (Wildman–Crippen LogP) is 2.93. The fourth-order valence-corrected chi connectivity index (χ4v) is 2.74. The van der Waals surface area contributed by atoms with Crippen LogP contribution in [0.5, 0.6) is 0 Å². The fourth-order valence-electron chi connectivity index (χ4n) is 2.74. The molecule has 6 heteroatoms. The van der Waals surface area contributed by atoms with Crippen molar-refractivity contribution in [3.05, 3.63) is 82.6 Å². The molecule has 25 heavy (non-hydrogen) atoms. The second-order valence-corrected chi connectivity index (χ2v) is 5.79. The first-order valence-electron chi connectivity index (χ1n) is 7.89. The number of furan rings is 1. The Labute approximate surface area is 142 Å². The maximum absolute atomic E-state index is 12.5. The normalized spacial score (nSPS) is 12.4. The van der Waals surface area contributed by atoms with E-state index in [0.717, 1.165) is 11.0 Å². The Morgan fingerprint density at radius 1 is 1.20 bits per heavy atom. The van der Waals surface area contributed by atoms with Gasteiger partial charge in [0.2, 0.25) is 0 Å². The molecule has 1 unspecified atom stereocenters. The van der Waals surface area contributed by atoms with Gasteiger partial charge in [-0.25, -0.2) is 4.98 Å². The van der Waals surface area contributed by atoms with Crippen LogP contribution in [0.4, 0.5) is 0 Å². The number of para-hydroxylation sites is 1. The zero-order valence-corrected chi connectivity index (χ0v) is 13.5. The minimum Gasteiger partial charge on any atom is -0.459 e. The maximum atomic E-state index is 12.5. The molecule has 0 bridgehead atoms. The summed E-state index contributed by atoms with van der Waals surface area (Å²) >= 11 is 0. The van der Waals surface area contributed by atoms with Crippen molar-refractivity contribution in [2.75, 3.05) is 0 Å². The van der Waals surface area contributed by atoms with Crippen LogP contribution in [0.15, 0.2) is 70.1 Å². The van der Waals surface area contributed by atoms with Crippen molar-refractivity contribution < 1.29 is 9.21 Å². The summed E-state index contributed by atoms with van der Waals surface area (Å²) in [6.07, 6.45) is 2.89. The molecule has 3 aromatic heterocycles. The average Bonchev–Trinajstić information content (AvgIpc) is 3.06. The zero-order valence-electron chi connectivity index (χ0n) is 13.5. The van der Waals surface area contributed by atoms with Gasteiger partial charge in [-0.15, -0.1) is 0 Å². The van der Waals surface area contributed by atoms with Crippen LogP contribution in [-0.2, 0) is 0 Å². The van der Waals surface area contributed by atoms with E-state index in [0.29, 0.717) is 11.4 Å². The minimum atomic E-state index is -0.483. The number of rotatable bonds is 3. The molecule has 0 fully saturated rings. The standard InChI is InChI=1S/C19H15N3O3/c1-12(16-10-13-6-2-3-7-15(13)25-16)21-18(23)14-11-20-17-8-4-5-9-22(17)19(14)24/h2-12H,1H3,(H,21,23). The summed E-state index contributed by atoms with van der Waals surface area (Å²) in [4.78, 5) is 29.1. The van der Waals surface area contributed by atoms with Crippen LogP contribution in [0, 0.1) is 0 Å². The molecule has 0 aliphatic heterocycles. The van der Waals surface area contributed by atoms with E-state index in [2.05, 4.69) is 10.3 Å². The van der Waals surface area contributed by atoms with Gasteiger partial charge in [0.15, 0.2) is 0 Å². The number of amides is 1. The molecule has 0 spiro atoms. The van der Waals surface area contributed by atoms with E-state index >= 15 is 0 Å². The Balaban J connectivity index is 1.63. The molecule has 1 amide bonds. The van der Waals surface area contributed by atoms with E-state index in [9.17, 15) is 9.59 Å². The first kappa shape index (κ1) is 15.1. The van der Waals surface area contributed by atoms with Crippen LogP contribution in [0.1, 0.15) is 29.1 Å². The lowest BCUT2D eigenvalue weighted by Gasteiger charge is -2.11. The molecule has 3 heterocycles. The van der Waals surface area contributed by atoms with E-state index in [4.69, 9.17) is 4.42 Å². The number of pyridine rings is 1. The van der Waals surface area contributed by atoms with Crippen molar-refractivity contribution in [2.45, 2.75) is 13.0 Å². The number of fused-ring (bicyclic) bond motifs is 2. The summed E-state index contributed by atoms with van der Waals surface area (Å²) in [6.45, 7) is 1.81. The van der Waals surface area contributed by atoms with E-state index < -0.39 is 11.5 Å². The highest BCUT2D eigenvalue weighted by atomic mass is 16.3. The molecule has 4 rings (SSSR count). The highest BCUT2D eigenvalue weighted by Crippen LogP contribution is 2.23. The van der Waals surface area contributed by atoms with E-state index in [1.54, 1.807) is 24.4 Å². The van der Waals surface area contributed by atoms with Crippen molar-refractivity contribution in [1.29, 1.82) is 0 Å². The molecule has 6 nitrogen and oxygen atoms in total. The fraction of sp³-hybridized carbons (Fsp3) is 0.105. The molecule has 0 saturated heterocycles. The van der Waals surface area contributed by atoms with E-state index in [1.807, 2.05) is 37.3 Å². The van der Waals surface area contributed by atoms with Gasteiger partial charge in [-0.1, -0.05) is 24.3 Å². The molecule has 0 aliphatic carbocycles. The molecular weight excluding hydrogens is 318 g/mol. The van der Waals surface area contributed by atoms with Crippen LogP contribution in [-0.4, -0.2) is 15.3 Å². The number of carbonyl (C=O) groups excluding carboxylic acids is 1. The molecule has 1 atom stereocenters. The average molecular weight is 333 g/mol. The number of hydrogen-bond acceptors (Lipinski definition) is 4. The van der Waals surface area contributed by atoms with Crippen molar-refractivity contribution in [3.63, 3.8) is 0 Å². The Morgan fingerprint density at radius 3 is 2.84 bits per heavy atom. The van der Waals surface area contributed by atoms with Crippen molar-refractivity contribution >= 4 is 22.5 Å². The molecule has 0 aliphatic rings. The van der Waals surface area contributed by atoms with E-state index in [-0.39, 0.29) is 11.6 Å². The lowest BCUT2D eigenvalue weighted by atomic mass is 10.2. The van der Waals surface area contributed by atoms with Crippen molar-refractivity contribution in [2.24, 2.45) is 0 Å². The lowest BCUT2D eigenvalue weighted by molar-refractivity contribution is 0.0933. The van der Waals surface area contributed by atoms with Gasteiger partial charge < -0.3 is 9.73 Å². The SMILES string of the molecule is CC(NC(=O)c1cnc2ccccn2c1=O)c1cc2ccccc2o1. The van der Waals surface area contributed by atoms with Crippen LogP contribution < -0.4 is 10.9 Å². The van der Waals surface area contributed by atoms with Gasteiger partial charge in [-0.3, -0.25) is 14.0 Å². The second-order valence-electron chi connectivity index (χ2n) is 5.79. The Hall–Kier alpha value is -3.41. The molecule has 124 valence electrons. The minimum absolute atomic E-state index is 0.00772. The predicted molar refractivity (Wildman–Crippen MR) is 93.6 cm³/mol. The lowest BCUT2D eigenvalue weighted by Crippen LogP contribution is -2.33. The number of aromatic nitrogens is 2. The molecule has 1 aromatic carbocycles. The van der Waals surface area contributed by atoms with Gasteiger partial charge in [-0.05, 0) is 31.2 Å². The first-order valence-corrected chi connectivity index (χ1v) is 7.89. The Bertz CT molecular complexity index is 1110. The van der Waals surface area contributed by atoms with E-state index in [1.165, 1.54) is 10.6 Å². The molecular formula is C19H15N3O3. The quantitative estimate of drug-likeness (QED) is 0.625. The summed E-state index contributed by atoms with van der Waals surface area (Å²) in [5, 5.41) is 3.76. The Kier molecular flexibility index (Phi) is 3.57. The van der Waals surface area contributed by atoms with Gasteiger partial charge in [-0.2, -0.15) is 0 Å². The number of nitrogens with zero attached hydrogens (tertiary/aromatic N) is 2. The van der Waals surface area contributed by atoms with Gasteiger partial charge in [0.1, 0.15) is 22.6 Å². The smallest absolute Gasteiger partial charge is 0.270 e. The first-order chi connectivity index (χ1) is 12.1. The third-order valence-electron chi connectivity index (χ3n) is 4.08. The summed E-state index contributed by atoms with van der Waals surface area (Å²) in [5.41, 5.74) is 0.840.